The lowest BCUT2D eigenvalue weighted by Gasteiger charge is -2.36. The molecule has 0 radical (unpaired) electrons. The number of nitrogen functional groups attached to an aromatic ring is 2. The Kier molecular flexibility index (Phi) is 19.5. The van der Waals surface area contributed by atoms with Crippen LogP contribution in [-0.2, 0) is 59.6 Å². The largest absolute Gasteiger partial charge is 0.455 e. The fourth-order valence-corrected chi connectivity index (χ4v) is 17.2. The molecule has 1 aromatic heterocycles. The van der Waals surface area contributed by atoms with E-state index in [0.29, 0.717) is 67.5 Å². The van der Waals surface area contributed by atoms with Crippen molar-refractivity contribution in [1.29, 1.82) is 0 Å². The first-order chi connectivity index (χ1) is 55.4. The van der Waals surface area contributed by atoms with Crippen molar-refractivity contribution in [2.75, 3.05) is 25.2 Å². The van der Waals surface area contributed by atoms with Crippen molar-refractivity contribution in [3.8, 4) is 23.0 Å². The maximum absolute atomic E-state index is 13.9. The number of carbonyl (C=O) groups excluding carboxylic acids is 7. The molecule has 0 saturated carbocycles. The van der Waals surface area contributed by atoms with Gasteiger partial charge in [-0.25, -0.2) is 0 Å². The van der Waals surface area contributed by atoms with Crippen LogP contribution in [0.15, 0.2) is 188 Å². The zero-order valence-electron chi connectivity index (χ0n) is 65.6. The molecule has 8 aliphatic rings. The summed E-state index contributed by atoms with van der Waals surface area (Å²) in [7, 11) is 1.39. The Morgan fingerprint density at radius 1 is 0.453 bits per heavy atom. The van der Waals surface area contributed by atoms with Gasteiger partial charge in [-0.2, -0.15) is 13.9 Å². The maximum Gasteiger partial charge on any atom is 0.315 e. The quantitative estimate of drug-likeness (QED) is 0.0355. The van der Waals surface area contributed by atoms with Gasteiger partial charge in [0.1, 0.15) is 41.5 Å². The number of nitrogens with two attached hydrogens (primary N) is 2. The molecule has 3 amide bonds. The molecule has 27 heteroatoms. The topological polar surface area (TPSA) is 396 Å². The molecule has 10 aromatic rings. The lowest BCUT2D eigenvalue weighted by molar-refractivity contribution is -0.180. The Morgan fingerprint density at radius 2 is 0.812 bits per heavy atom. The number of benzene rings is 9. The van der Waals surface area contributed by atoms with E-state index >= 15 is 0 Å². The summed E-state index contributed by atoms with van der Waals surface area (Å²) in [5, 5.41) is 75.1. The number of aryl methyl sites for hydroxylation is 2. The van der Waals surface area contributed by atoms with E-state index in [9.17, 15) is 67.9 Å². The number of amides is 3. The lowest BCUT2D eigenvalue weighted by atomic mass is 9.81. The highest BCUT2D eigenvalue weighted by atomic mass is 19.3. The summed E-state index contributed by atoms with van der Waals surface area (Å²) < 4.78 is 54.9. The third-order valence-electron chi connectivity index (χ3n) is 23.3. The number of aromatic amines is 1. The third-order valence-corrected chi connectivity index (χ3v) is 23.3. The summed E-state index contributed by atoms with van der Waals surface area (Å²) in [6.45, 7) is 19.7. The molecule has 602 valence electrons. The van der Waals surface area contributed by atoms with Crippen LogP contribution in [0.4, 0.5) is 20.2 Å². The Labute approximate surface area is 670 Å². The van der Waals surface area contributed by atoms with Gasteiger partial charge in [0.15, 0.2) is 11.3 Å². The molecule has 0 bridgehead atoms. The lowest BCUT2D eigenvalue weighted by Crippen LogP contribution is -2.61. The van der Waals surface area contributed by atoms with E-state index in [1.807, 2.05) is 97.0 Å². The summed E-state index contributed by atoms with van der Waals surface area (Å²) in [6.07, 6.45) is -4.62. The second-order valence-corrected chi connectivity index (χ2v) is 31.7. The molecule has 4 aliphatic carbocycles. The van der Waals surface area contributed by atoms with Gasteiger partial charge in [-0.3, -0.25) is 44.0 Å². The summed E-state index contributed by atoms with van der Waals surface area (Å²) in [6, 6.07) is 53.0. The number of ether oxygens (including phenoxy) is 5. The number of carbonyl (C=O) groups is 7. The van der Waals surface area contributed by atoms with Gasteiger partial charge in [0.05, 0.1) is 11.1 Å². The van der Waals surface area contributed by atoms with Gasteiger partial charge in [-0.15, -0.1) is 0 Å². The van der Waals surface area contributed by atoms with Crippen LogP contribution < -0.4 is 51.7 Å². The van der Waals surface area contributed by atoms with E-state index in [2.05, 4.69) is 45.3 Å². The SMILES string of the molecule is CC(C)c1ccc2c(c1)OC1(O)c3cccc(N)c3C(=O)C21NC(=O)C(F)F.COCC(=O)NC12C(=O)c3ccccc3C1(O)Oc1cc(C(C)C)ccc12.Cc1cc(C(=O)NC23C(=O)c4ccccc4C2(O)Oc2cc(C(C)C)ccc23)n[nH]1.Cc1ccc(C(O)NC23C(=O)c4c(N)cccc4C2(O)Oc2cc(C(C)C)ccc23)cc1. The standard InChI is InChI=1S/C26H26N2O4.C23H21N3O4.C21H21NO5.C20H18F2N2O4/c1-14(2)17-11-12-18-21(13-17)32-26(31)19-5-4-6-20(27)22(19)23(29)25(18,26)28-24(30)16-9-7-15(3)8-10-16;1-12(2)14-8-9-17-19(11-14)30-23(29)16-7-5-4-6-15(16)20(27)22(17,23)24-21(28)18-10-13(3)25-26-18;1-12(2)13-8-9-16-17(10-13)27-21(25)15-7-5-4-6-14(15)19(24)20(16,21)22-18(23)11-26-3;1-9(2)10-6-7-11-14(8-10)28-20(27)12-4-3-5-13(23)15(12)16(25)19(11,20)24-18(26)17(21)22/h4-14,24,28,30-31H,27H2,1-3H3;4-12,29H,1-3H3,(H,24,28)(H,25,26);4-10,12,25H,11H2,1-3H3,(H,22,23);3-9,17,27H,23H2,1-2H3,(H,24,26). The number of fused-ring (bicyclic) bond motifs is 20. The zero-order chi connectivity index (χ0) is 83.9. The first-order valence-corrected chi connectivity index (χ1v) is 38.1. The van der Waals surface area contributed by atoms with Crippen LogP contribution in [0.2, 0.25) is 0 Å². The van der Waals surface area contributed by atoms with Crippen molar-refractivity contribution in [2.24, 2.45) is 0 Å². The minimum absolute atomic E-state index is 0.0226. The van der Waals surface area contributed by atoms with Crippen molar-refractivity contribution in [3.63, 3.8) is 0 Å². The van der Waals surface area contributed by atoms with Crippen LogP contribution in [0.25, 0.3) is 0 Å². The second-order valence-electron chi connectivity index (χ2n) is 31.7. The number of hydrogen-bond donors (Lipinski definition) is 12. The number of Topliss-reactive ketones (excluding diaryl/α,β-unsaturated/α-hetero) is 4. The van der Waals surface area contributed by atoms with Crippen LogP contribution in [0, 0.1) is 13.8 Å². The first-order valence-electron chi connectivity index (χ1n) is 38.1. The van der Waals surface area contributed by atoms with E-state index in [4.69, 9.17) is 35.2 Å². The summed E-state index contributed by atoms with van der Waals surface area (Å²) in [5.74, 6) is -11.2. The van der Waals surface area contributed by atoms with Crippen LogP contribution in [0.1, 0.15) is 221 Å². The van der Waals surface area contributed by atoms with E-state index in [0.717, 1.165) is 27.8 Å². The van der Waals surface area contributed by atoms with Crippen LogP contribution in [0.3, 0.4) is 0 Å². The zero-order valence-corrected chi connectivity index (χ0v) is 65.6. The summed E-state index contributed by atoms with van der Waals surface area (Å²) in [4.78, 5) is 91.8. The number of H-pyrrole nitrogens is 1. The average molecular weight is 1590 g/mol. The molecular weight excluding hydrogens is 1500 g/mol. The molecule has 0 fully saturated rings. The van der Waals surface area contributed by atoms with Crippen molar-refractivity contribution in [1.82, 2.24) is 31.5 Å². The van der Waals surface area contributed by atoms with Gasteiger partial charge in [-0.05, 0) is 108 Å². The normalized spacial score (nSPS) is 24.4. The molecule has 5 heterocycles. The Morgan fingerprint density at radius 3 is 1.21 bits per heavy atom. The molecule has 25 nitrogen and oxygen atoms in total. The Balaban J connectivity index is 0.000000122. The summed E-state index contributed by atoms with van der Waals surface area (Å²) in [5.41, 5.74) is 14.4. The van der Waals surface area contributed by atoms with Crippen LogP contribution in [0.5, 0.6) is 23.0 Å². The molecule has 4 aliphatic heterocycles. The molecule has 0 spiro atoms. The number of hydrogen-bond acceptors (Lipinski definition) is 21. The smallest absolute Gasteiger partial charge is 0.315 e. The maximum atomic E-state index is 13.9. The van der Waals surface area contributed by atoms with Crippen LogP contribution >= 0.6 is 0 Å². The number of ketones is 4. The van der Waals surface area contributed by atoms with E-state index < -0.39 is 98.8 Å². The molecule has 14 N–H and O–H groups in total. The second kappa shape index (κ2) is 28.5. The predicted octanol–water partition coefficient (Wildman–Crippen LogP) is 11.1. The van der Waals surface area contributed by atoms with E-state index in [1.165, 1.54) is 31.4 Å². The van der Waals surface area contributed by atoms with Gasteiger partial charge >= 0.3 is 6.43 Å². The van der Waals surface area contributed by atoms with Gasteiger partial charge in [0.25, 0.3) is 35.0 Å². The number of aliphatic hydroxyl groups excluding tert-OH is 1. The Hall–Kier alpha value is -12.3. The van der Waals surface area contributed by atoms with Gasteiger partial charge < -0.3 is 76.6 Å². The number of nitrogens with one attached hydrogen (secondary N) is 5. The van der Waals surface area contributed by atoms with Gasteiger partial charge in [0.2, 0.25) is 39.9 Å². The number of aromatic nitrogens is 2. The molecule has 18 rings (SSSR count). The van der Waals surface area contributed by atoms with Gasteiger partial charge in [0, 0.05) is 79.8 Å². The molecular formula is C90H86F2N8O17. The fraction of sp³-hybridized carbons (Fsp3) is 0.289. The molecule has 9 atom stereocenters. The molecule has 117 heavy (non-hydrogen) atoms. The summed E-state index contributed by atoms with van der Waals surface area (Å²) >= 11 is 0. The van der Waals surface area contributed by atoms with Crippen molar-refractivity contribution in [3.05, 3.63) is 300 Å². The number of nitrogens with zero attached hydrogens (tertiary/aromatic N) is 1. The average Bonchev–Trinajstić information content (AvgIpc) is 1.53. The molecule has 0 saturated heterocycles. The van der Waals surface area contributed by atoms with Crippen LogP contribution in [-0.4, -0.2) is 96.7 Å². The number of aliphatic hydroxyl groups is 5. The van der Waals surface area contributed by atoms with Crippen molar-refractivity contribution < 1.29 is 91.6 Å². The highest BCUT2D eigenvalue weighted by molar-refractivity contribution is 6.17. The third kappa shape index (κ3) is 11.6. The molecule has 9 aromatic carbocycles. The van der Waals surface area contributed by atoms with Crippen molar-refractivity contribution in [2.45, 2.75) is 151 Å². The predicted molar refractivity (Wildman–Crippen MR) is 423 cm³/mol. The number of methoxy groups -OCH3 is 1. The first kappa shape index (κ1) is 79.9. The van der Waals surface area contributed by atoms with E-state index in [1.54, 1.807) is 122 Å². The minimum atomic E-state index is -3.38. The molecule has 9 unspecified atom stereocenters. The highest BCUT2D eigenvalue weighted by Gasteiger charge is 2.76. The number of alkyl halides is 2. The minimum Gasteiger partial charge on any atom is -0.455 e. The van der Waals surface area contributed by atoms with Gasteiger partial charge in [-0.1, -0.05) is 207 Å². The number of rotatable bonds is 14. The number of anilines is 2. The monoisotopic (exact) mass is 1590 g/mol. The Bertz CT molecular complexity index is 5830. The fourth-order valence-electron chi connectivity index (χ4n) is 17.2. The van der Waals surface area contributed by atoms with E-state index in [-0.39, 0.29) is 80.9 Å². The number of halogens is 2. The highest BCUT2D eigenvalue weighted by Crippen LogP contribution is 2.64. The van der Waals surface area contributed by atoms with Crippen molar-refractivity contribution >= 4 is 52.2 Å².